The van der Waals surface area contributed by atoms with Crippen LogP contribution >= 0.6 is 27.5 Å². The van der Waals surface area contributed by atoms with Crippen LogP contribution < -0.4 is 0 Å². The lowest BCUT2D eigenvalue weighted by molar-refractivity contribution is 0.139. The van der Waals surface area contributed by atoms with Crippen molar-refractivity contribution in [3.05, 3.63) is 33.3 Å². The fourth-order valence-corrected chi connectivity index (χ4v) is 2.17. The summed E-state index contributed by atoms with van der Waals surface area (Å²) >= 11 is 9.38. The van der Waals surface area contributed by atoms with Crippen molar-refractivity contribution in [2.24, 2.45) is 0 Å². The normalized spacial score (nSPS) is 14.9. The first-order chi connectivity index (χ1) is 7.58. The predicted octanol–water partition coefficient (Wildman–Crippen LogP) is 3.74. The minimum Gasteiger partial charge on any atom is -0.465 e. The summed E-state index contributed by atoms with van der Waals surface area (Å²) in [6.07, 6.45) is 1.04. The molecule has 1 aromatic carbocycles. The van der Waals surface area contributed by atoms with E-state index in [9.17, 15) is 4.79 Å². The van der Waals surface area contributed by atoms with Crippen LogP contribution in [0.5, 0.6) is 0 Å². The maximum Gasteiger partial charge on any atom is 0.407 e. The van der Waals surface area contributed by atoms with E-state index in [1.165, 1.54) is 4.90 Å². The lowest BCUT2D eigenvalue weighted by atomic mass is 10.2. The Balaban J connectivity index is 2.17. The number of nitrogens with zero attached hydrogens (tertiary/aromatic N) is 1. The van der Waals surface area contributed by atoms with E-state index < -0.39 is 6.09 Å². The number of carbonyl (C=O) groups is 1. The standard InChI is InChI=1S/C11H11BrClNO2/c12-8-1-4-10(13)7(5-8)6-14(11(15)16)9-2-3-9/h1,4-5,9H,2-3,6H2,(H,15,16). The van der Waals surface area contributed by atoms with Crippen LogP contribution in [-0.4, -0.2) is 22.1 Å². The third-order valence-electron chi connectivity index (χ3n) is 2.58. The summed E-state index contributed by atoms with van der Waals surface area (Å²) in [6.45, 7) is 0.359. The van der Waals surface area contributed by atoms with Gasteiger partial charge >= 0.3 is 6.09 Å². The number of carboxylic acid groups (broad SMARTS) is 1. The highest BCUT2D eigenvalue weighted by molar-refractivity contribution is 9.10. The van der Waals surface area contributed by atoms with Gasteiger partial charge in [0.05, 0.1) is 6.54 Å². The van der Waals surface area contributed by atoms with E-state index in [0.717, 1.165) is 22.9 Å². The average molecular weight is 305 g/mol. The van der Waals surface area contributed by atoms with Crippen molar-refractivity contribution in [3.8, 4) is 0 Å². The Kier molecular flexibility index (Phi) is 3.40. The third kappa shape index (κ3) is 2.68. The number of hydrogen-bond donors (Lipinski definition) is 1. The highest BCUT2D eigenvalue weighted by Crippen LogP contribution is 2.30. The molecule has 5 heteroatoms. The van der Waals surface area contributed by atoms with Gasteiger partial charge in [0.1, 0.15) is 0 Å². The molecule has 0 radical (unpaired) electrons. The predicted molar refractivity (Wildman–Crippen MR) is 65.7 cm³/mol. The first-order valence-corrected chi connectivity index (χ1v) is 6.18. The van der Waals surface area contributed by atoms with Crippen molar-refractivity contribution in [2.45, 2.75) is 25.4 Å². The van der Waals surface area contributed by atoms with Crippen molar-refractivity contribution in [1.82, 2.24) is 4.90 Å². The van der Waals surface area contributed by atoms with Crippen LogP contribution in [0.2, 0.25) is 5.02 Å². The molecule has 1 fully saturated rings. The zero-order valence-electron chi connectivity index (χ0n) is 8.49. The molecule has 0 atom stereocenters. The van der Waals surface area contributed by atoms with E-state index >= 15 is 0 Å². The summed E-state index contributed by atoms with van der Waals surface area (Å²) in [7, 11) is 0. The highest BCUT2D eigenvalue weighted by atomic mass is 79.9. The molecule has 1 N–H and O–H groups in total. The van der Waals surface area contributed by atoms with Crippen molar-refractivity contribution in [2.75, 3.05) is 0 Å². The number of rotatable bonds is 3. The first-order valence-electron chi connectivity index (χ1n) is 5.01. The second-order valence-electron chi connectivity index (χ2n) is 3.88. The minimum atomic E-state index is -0.876. The van der Waals surface area contributed by atoms with Gasteiger partial charge in [-0.1, -0.05) is 27.5 Å². The third-order valence-corrected chi connectivity index (χ3v) is 3.44. The van der Waals surface area contributed by atoms with Crippen molar-refractivity contribution >= 4 is 33.6 Å². The van der Waals surface area contributed by atoms with Gasteiger partial charge < -0.3 is 10.0 Å². The van der Waals surface area contributed by atoms with Crippen LogP contribution in [-0.2, 0) is 6.54 Å². The summed E-state index contributed by atoms with van der Waals surface area (Å²) in [4.78, 5) is 12.5. The van der Waals surface area contributed by atoms with Crippen LogP contribution in [0.1, 0.15) is 18.4 Å². The second-order valence-corrected chi connectivity index (χ2v) is 5.20. The number of halogens is 2. The van der Waals surface area contributed by atoms with Gasteiger partial charge in [0.2, 0.25) is 0 Å². The van der Waals surface area contributed by atoms with Gasteiger partial charge in [-0.05, 0) is 36.6 Å². The van der Waals surface area contributed by atoms with Gasteiger partial charge in [0, 0.05) is 15.5 Å². The first kappa shape index (κ1) is 11.7. The van der Waals surface area contributed by atoms with Crippen molar-refractivity contribution in [1.29, 1.82) is 0 Å². The molecule has 1 aromatic rings. The minimum absolute atomic E-state index is 0.174. The molecule has 0 saturated heterocycles. The molecule has 0 unspecified atom stereocenters. The van der Waals surface area contributed by atoms with Crippen LogP contribution in [0.3, 0.4) is 0 Å². The van der Waals surface area contributed by atoms with Gasteiger partial charge in [-0.15, -0.1) is 0 Å². The van der Waals surface area contributed by atoms with Crippen LogP contribution in [0.4, 0.5) is 4.79 Å². The van der Waals surface area contributed by atoms with Gasteiger partial charge in [-0.2, -0.15) is 0 Å². The van der Waals surface area contributed by atoms with Crippen LogP contribution in [0.15, 0.2) is 22.7 Å². The largest absolute Gasteiger partial charge is 0.465 e. The zero-order valence-corrected chi connectivity index (χ0v) is 10.8. The fraction of sp³-hybridized carbons (Fsp3) is 0.364. The fourth-order valence-electron chi connectivity index (χ4n) is 1.59. The summed E-state index contributed by atoms with van der Waals surface area (Å²) in [5, 5.41) is 9.68. The Morgan fingerprint density at radius 1 is 1.56 bits per heavy atom. The van der Waals surface area contributed by atoms with Gasteiger partial charge in [0.25, 0.3) is 0 Å². The lowest BCUT2D eigenvalue weighted by Gasteiger charge is -2.19. The smallest absolute Gasteiger partial charge is 0.407 e. The Labute approximate surface area is 107 Å². The Bertz CT molecular complexity index is 420. The molecule has 0 aliphatic heterocycles. The molecule has 1 saturated carbocycles. The molecule has 0 aromatic heterocycles. The molecule has 1 aliphatic rings. The monoisotopic (exact) mass is 303 g/mol. The molecule has 16 heavy (non-hydrogen) atoms. The summed E-state index contributed by atoms with van der Waals surface area (Å²) in [5.41, 5.74) is 0.838. The quantitative estimate of drug-likeness (QED) is 0.924. The molecular weight excluding hydrogens is 293 g/mol. The molecule has 86 valence electrons. The summed E-state index contributed by atoms with van der Waals surface area (Å²) in [5.74, 6) is 0. The maximum atomic E-state index is 11.1. The van der Waals surface area contributed by atoms with Gasteiger partial charge in [0.15, 0.2) is 0 Å². The van der Waals surface area contributed by atoms with E-state index in [0.29, 0.717) is 11.6 Å². The molecule has 1 aliphatic carbocycles. The van der Waals surface area contributed by atoms with E-state index in [4.69, 9.17) is 16.7 Å². The van der Waals surface area contributed by atoms with Crippen LogP contribution in [0.25, 0.3) is 0 Å². The highest BCUT2D eigenvalue weighted by Gasteiger charge is 2.32. The van der Waals surface area contributed by atoms with E-state index in [1.54, 1.807) is 6.07 Å². The van der Waals surface area contributed by atoms with E-state index in [2.05, 4.69) is 15.9 Å². The Hall–Kier alpha value is -0.740. The van der Waals surface area contributed by atoms with Gasteiger partial charge in [-0.25, -0.2) is 4.79 Å². The number of amides is 1. The molecule has 1 amide bonds. The zero-order chi connectivity index (χ0) is 11.7. The number of hydrogen-bond acceptors (Lipinski definition) is 1. The molecule has 0 heterocycles. The van der Waals surface area contributed by atoms with E-state index in [1.807, 2.05) is 12.1 Å². The van der Waals surface area contributed by atoms with Crippen molar-refractivity contribution in [3.63, 3.8) is 0 Å². The molecule has 3 nitrogen and oxygen atoms in total. The molecule has 0 spiro atoms. The average Bonchev–Trinajstić information content (AvgIpc) is 3.02. The topological polar surface area (TPSA) is 40.5 Å². The lowest BCUT2D eigenvalue weighted by Crippen LogP contribution is -2.31. The number of benzene rings is 1. The summed E-state index contributed by atoms with van der Waals surface area (Å²) < 4.78 is 0.910. The molecule has 2 rings (SSSR count). The van der Waals surface area contributed by atoms with E-state index in [-0.39, 0.29) is 6.04 Å². The second kappa shape index (κ2) is 4.63. The molecular formula is C11H11BrClNO2. The maximum absolute atomic E-state index is 11.1. The van der Waals surface area contributed by atoms with Crippen LogP contribution in [0, 0.1) is 0 Å². The Morgan fingerprint density at radius 2 is 2.25 bits per heavy atom. The summed E-state index contributed by atoms with van der Waals surface area (Å²) in [6, 6.07) is 5.65. The van der Waals surface area contributed by atoms with Gasteiger partial charge in [-0.3, -0.25) is 0 Å². The SMILES string of the molecule is O=C(O)N(Cc1cc(Br)ccc1Cl)C1CC1. The van der Waals surface area contributed by atoms with Crippen molar-refractivity contribution < 1.29 is 9.90 Å². The Morgan fingerprint density at radius 3 is 2.81 bits per heavy atom. The molecule has 0 bridgehead atoms.